The average Bonchev–Trinajstić information content (AvgIpc) is 2.76. The van der Waals surface area contributed by atoms with Crippen LogP contribution in [0.1, 0.15) is 71.7 Å². The number of esters is 1. The van der Waals surface area contributed by atoms with Gasteiger partial charge in [0.1, 0.15) is 5.75 Å². The molecular weight excluding hydrogens is 408 g/mol. The van der Waals surface area contributed by atoms with E-state index in [4.69, 9.17) is 14.5 Å². The lowest BCUT2D eigenvalue weighted by Crippen LogP contribution is -2.48. The van der Waals surface area contributed by atoms with Gasteiger partial charge in [-0.05, 0) is 92.0 Å². The molecular formula is C26H26O6. The summed E-state index contributed by atoms with van der Waals surface area (Å²) in [5.74, 6) is 0.698. The number of benzene rings is 2. The Morgan fingerprint density at radius 2 is 1.34 bits per heavy atom. The van der Waals surface area contributed by atoms with Crippen molar-refractivity contribution < 1.29 is 28.9 Å². The molecule has 4 fully saturated rings. The Hall–Kier alpha value is -3.15. The van der Waals surface area contributed by atoms with Crippen LogP contribution < -0.4 is 4.74 Å². The molecule has 4 aliphatic rings. The van der Waals surface area contributed by atoms with Crippen molar-refractivity contribution in [3.05, 3.63) is 65.2 Å². The minimum Gasteiger partial charge on any atom is -0.426 e. The zero-order valence-corrected chi connectivity index (χ0v) is 18.0. The highest BCUT2D eigenvalue weighted by molar-refractivity contribution is 5.92. The zero-order valence-electron chi connectivity index (χ0n) is 18.0. The number of ether oxygens (including phenoxy) is 1. The summed E-state index contributed by atoms with van der Waals surface area (Å²) < 4.78 is 5.55. The second-order valence-corrected chi connectivity index (χ2v) is 9.61. The van der Waals surface area contributed by atoms with Crippen LogP contribution in [0, 0.1) is 17.8 Å². The summed E-state index contributed by atoms with van der Waals surface area (Å²) in [4.78, 5) is 46.1. The standard InChI is InChI=1S/C26H26O6/c1-16(27)30-23-8-7-21(25(29)32-31-24(28)20-5-3-2-4-6-20)12-22(23)26-13-17-9-18(14-26)11-19(10-17)15-26/h2-8,12,17-19H,9-11,13-15H2,1H3. The molecule has 0 spiro atoms. The van der Waals surface area contributed by atoms with E-state index in [0.29, 0.717) is 29.1 Å². The smallest absolute Gasteiger partial charge is 0.386 e. The van der Waals surface area contributed by atoms with Crippen molar-refractivity contribution in [1.82, 2.24) is 0 Å². The Balaban J connectivity index is 1.40. The van der Waals surface area contributed by atoms with Gasteiger partial charge in [0.15, 0.2) is 0 Å². The van der Waals surface area contributed by atoms with Gasteiger partial charge >= 0.3 is 17.9 Å². The number of carbonyl (C=O) groups is 3. The summed E-state index contributed by atoms with van der Waals surface area (Å²) in [5, 5.41) is 0. The monoisotopic (exact) mass is 434 g/mol. The third-order valence-electron chi connectivity index (χ3n) is 7.28. The van der Waals surface area contributed by atoms with Gasteiger partial charge in [-0.3, -0.25) is 4.79 Å². The van der Waals surface area contributed by atoms with Crippen LogP contribution in [0.25, 0.3) is 0 Å². The maximum atomic E-state index is 12.7. The number of rotatable bonds is 4. The van der Waals surface area contributed by atoms with Crippen LogP contribution in [-0.2, 0) is 20.0 Å². The van der Waals surface area contributed by atoms with Gasteiger partial charge < -0.3 is 4.74 Å². The molecule has 6 nitrogen and oxygen atoms in total. The van der Waals surface area contributed by atoms with Gasteiger partial charge in [-0.15, -0.1) is 0 Å². The zero-order chi connectivity index (χ0) is 22.3. The Morgan fingerprint density at radius 1 is 0.781 bits per heavy atom. The van der Waals surface area contributed by atoms with E-state index in [1.807, 2.05) is 0 Å². The molecule has 4 aliphatic carbocycles. The molecule has 0 amide bonds. The minimum atomic E-state index is -0.755. The number of hydrogen-bond acceptors (Lipinski definition) is 6. The number of hydrogen-bond donors (Lipinski definition) is 0. The molecule has 0 N–H and O–H groups in total. The molecule has 0 saturated heterocycles. The molecule has 2 aromatic rings. The van der Waals surface area contributed by atoms with Crippen LogP contribution in [0.4, 0.5) is 0 Å². The van der Waals surface area contributed by atoms with Crippen LogP contribution in [0.3, 0.4) is 0 Å². The van der Waals surface area contributed by atoms with E-state index in [0.717, 1.165) is 24.8 Å². The molecule has 166 valence electrons. The fraction of sp³-hybridized carbons (Fsp3) is 0.423. The SMILES string of the molecule is CC(=O)Oc1ccc(C(=O)OOC(=O)c2ccccc2)cc1C12CC3CC(CC(C3)C1)C2. The largest absolute Gasteiger partial charge is 0.426 e. The lowest BCUT2D eigenvalue weighted by molar-refractivity contribution is -0.187. The first-order valence-corrected chi connectivity index (χ1v) is 11.2. The van der Waals surface area contributed by atoms with Crippen LogP contribution in [0.15, 0.2) is 48.5 Å². The number of carbonyl (C=O) groups excluding carboxylic acids is 3. The third-order valence-corrected chi connectivity index (χ3v) is 7.28. The second kappa shape index (κ2) is 8.08. The van der Waals surface area contributed by atoms with Crippen LogP contribution in [0.5, 0.6) is 5.75 Å². The summed E-state index contributed by atoms with van der Waals surface area (Å²) in [6, 6.07) is 13.3. The molecule has 0 atom stereocenters. The normalized spacial score (nSPS) is 27.6. The van der Waals surface area contributed by atoms with Crippen LogP contribution >= 0.6 is 0 Å². The molecule has 0 aromatic heterocycles. The Labute approximate surface area is 186 Å². The van der Waals surface area contributed by atoms with Gasteiger partial charge in [0, 0.05) is 12.5 Å². The van der Waals surface area contributed by atoms with E-state index in [1.165, 1.54) is 26.2 Å². The lowest BCUT2D eigenvalue weighted by Gasteiger charge is -2.57. The molecule has 0 heterocycles. The van der Waals surface area contributed by atoms with E-state index in [9.17, 15) is 14.4 Å². The van der Waals surface area contributed by atoms with Crippen molar-refractivity contribution in [2.24, 2.45) is 17.8 Å². The first-order chi connectivity index (χ1) is 15.4. The second-order valence-electron chi connectivity index (χ2n) is 9.61. The van der Waals surface area contributed by atoms with E-state index >= 15 is 0 Å². The van der Waals surface area contributed by atoms with Crippen molar-refractivity contribution in [3.63, 3.8) is 0 Å². The summed E-state index contributed by atoms with van der Waals surface area (Å²) >= 11 is 0. The Kier molecular flexibility index (Phi) is 5.24. The van der Waals surface area contributed by atoms with Crippen molar-refractivity contribution in [2.75, 3.05) is 0 Å². The van der Waals surface area contributed by atoms with Crippen molar-refractivity contribution in [3.8, 4) is 5.75 Å². The first kappa shape index (κ1) is 20.7. The summed E-state index contributed by atoms with van der Waals surface area (Å²) in [6.07, 6.45) is 6.98. The van der Waals surface area contributed by atoms with Crippen molar-refractivity contribution >= 4 is 17.9 Å². The predicted molar refractivity (Wildman–Crippen MR) is 115 cm³/mol. The van der Waals surface area contributed by atoms with Crippen molar-refractivity contribution in [2.45, 2.75) is 50.9 Å². The van der Waals surface area contributed by atoms with E-state index < -0.39 is 11.9 Å². The van der Waals surface area contributed by atoms with Gasteiger partial charge in [-0.2, -0.15) is 0 Å². The van der Waals surface area contributed by atoms with E-state index in [1.54, 1.807) is 48.5 Å². The maximum Gasteiger partial charge on any atom is 0.386 e. The fourth-order valence-corrected chi connectivity index (χ4v) is 6.50. The van der Waals surface area contributed by atoms with Gasteiger partial charge in [0.25, 0.3) is 0 Å². The highest BCUT2D eigenvalue weighted by Crippen LogP contribution is 2.62. The highest BCUT2D eigenvalue weighted by Gasteiger charge is 2.52. The molecule has 0 unspecified atom stereocenters. The molecule has 32 heavy (non-hydrogen) atoms. The van der Waals surface area contributed by atoms with Gasteiger partial charge in [0.2, 0.25) is 0 Å². The molecule has 2 aromatic carbocycles. The average molecular weight is 434 g/mol. The lowest BCUT2D eigenvalue weighted by atomic mass is 9.48. The highest BCUT2D eigenvalue weighted by atomic mass is 17.2. The Morgan fingerprint density at radius 3 is 1.91 bits per heavy atom. The topological polar surface area (TPSA) is 78.9 Å². The van der Waals surface area contributed by atoms with E-state index in [2.05, 4.69) is 0 Å². The van der Waals surface area contributed by atoms with Crippen LogP contribution in [-0.4, -0.2) is 17.9 Å². The molecule has 0 radical (unpaired) electrons. The quantitative estimate of drug-likeness (QED) is 0.291. The van der Waals surface area contributed by atoms with Crippen molar-refractivity contribution in [1.29, 1.82) is 0 Å². The van der Waals surface area contributed by atoms with Crippen LogP contribution in [0.2, 0.25) is 0 Å². The molecule has 4 bridgehead atoms. The summed E-state index contributed by atoms with van der Waals surface area (Å²) in [6.45, 7) is 1.38. The fourth-order valence-electron chi connectivity index (χ4n) is 6.50. The maximum absolute atomic E-state index is 12.7. The third kappa shape index (κ3) is 3.90. The minimum absolute atomic E-state index is 0.0868. The first-order valence-electron chi connectivity index (χ1n) is 11.2. The summed E-state index contributed by atoms with van der Waals surface area (Å²) in [5.41, 5.74) is 1.37. The molecule has 0 aliphatic heterocycles. The van der Waals surface area contributed by atoms with E-state index in [-0.39, 0.29) is 16.9 Å². The van der Waals surface area contributed by atoms with Gasteiger partial charge in [-0.25, -0.2) is 19.4 Å². The molecule has 6 rings (SSSR count). The Bertz CT molecular complexity index is 1020. The van der Waals surface area contributed by atoms with Gasteiger partial charge in [-0.1, -0.05) is 18.2 Å². The molecule has 4 saturated carbocycles. The summed E-state index contributed by atoms with van der Waals surface area (Å²) in [7, 11) is 0. The van der Waals surface area contributed by atoms with Gasteiger partial charge in [0.05, 0.1) is 11.1 Å². The predicted octanol–water partition coefficient (Wildman–Crippen LogP) is 5.01. The molecule has 6 heteroatoms.